The van der Waals surface area contributed by atoms with Gasteiger partial charge < -0.3 is 4.90 Å². The van der Waals surface area contributed by atoms with Crippen LogP contribution in [0.3, 0.4) is 0 Å². The van der Waals surface area contributed by atoms with Gasteiger partial charge in [-0.2, -0.15) is 0 Å². The Balaban J connectivity index is 2.06. The van der Waals surface area contributed by atoms with Crippen molar-refractivity contribution in [3.05, 3.63) is 35.4 Å². The summed E-state index contributed by atoms with van der Waals surface area (Å²) in [6.45, 7) is 5.56. The van der Waals surface area contributed by atoms with E-state index in [9.17, 15) is 4.79 Å². The third-order valence-corrected chi connectivity index (χ3v) is 5.30. The molecule has 2 bridgehead atoms. The van der Waals surface area contributed by atoms with E-state index in [2.05, 4.69) is 50.1 Å². The number of hydrogen-bond donors (Lipinski definition) is 0. The van der Waals surface area contributed by atoms with Gasteiger partial charge in [0.05, 0.1) is 0 Å². The number of fused-ring (bicyclic) bond motifs is 2. The number of rotatable bonds is 1. The number of ketones is 1. The Hall–Kier alpha value is -1.15. The van der Waals surface area contributed by atoms with E-state index in [1.165, 1.54) is 11.1 Å². The van der Waals surface area contributed by atoms with Crippen molar-refractivity contribution in [3.8, 4) is 0 Å². The highest BCUT2D eigenvalue weighted by Crippen LogP contribution is 2.48. The Morgan fingerprint density at radius 3 is 2.89 bits per heavy atom. The second-order valence-corrected chi connectivity index (χ2v) is 6.64. The molecule has 0 N–H and O–H groups in total. The molecule has 0 unspecified atom stereocenters. The van der Waals surface area contributed by atoms with Crippen molar-refractivity contribution in [1.82, 2.24) is 4.90 Å². The molecule has 3 atom stereocenters. The van der Waals surface area contributed by atoms with Gasteiger partial charge in [-0.15, -0.1) is 0 Å². The molecule has 1 aliphatic carbocycles. The van der Waals surface area contributed by atoms with Crippen LogP contribution in [0.2, 0.25) is 0 Å². The summed E-state index contributed by atoms with van der Waals surface area (Å²) in [5, 5.41) is 0. The molecule has 3 rings (SSSR count). The summed E-state index contributed by atoms with van der Waals surface area (Å²) >= 11 is 0. The van der Waals surface area contributed by atoms with Crippen molar-refractivity contribution in [2.24, 2.45) is 5.92 Å². The third kappa shape index (κ3) is 2.02. The van der Waals surface area contributed by atoms with E-state index in [-0.39, 0.29) is 5.41 Å². The van der Waals surface area contributed by atoms with Gasteiger partial charge in [-0.25, -0.2) is 0 Å². The van der Waals surface area contributed by atoms with E-state index in [1.807, 2.05) is 0 Å². The number of hydrogen-bond acceptors (Lipinski definition) is 2. The maximum Gasteiger partial charge on any atom is 0.135 e. The molecular weight excluding hydrogens is 234 g/mol. The first kappa shape index (κ1) is 12.9. The molecule has 19 heavy (non-hydrogen) atoms. The van der Waals surface area contributed by atoms with Crippen molar-refractivity contribution in [1.29, 1.82) is 0 Å². The number of carbonyl (C=O) groups excluding carboxylic acids is 1. The molecule has 1 aliphatic heterocycles. The van der Waals surface area contributed by atoms with Crippen LogP contribution in [0.5, 0.6) is 0 Å². The molecule has 2 aliphatic rings. The summed E-state index contributed by atoms with van der Waals surface area (Å²) in [7, 11) is 2.17. The van der Waals surface area contributed by atoms with Gasteiger partial charge in [-0.05, 0) is 31.9 Å². The van der Waals surface area contributed by atoms with E-state index >= 15 is 0 Å². The van der Waals surface area contributed by atoms with Crippen LogP contribution in [0.1, 0.15) is 37.3 Å². The quantitative estimate of drug-likeness (QED) is 0.771. The van der Waals surface area contributed by atoms with Gasteiger partial charge in [0.2, 0.25) is 0 Å². The first-order chi connectivity index (χ1) is 9.01. The van der Waals surface area contributed by atoms with Crippen molar-refractivity contribution >= 4 is 5.78 Å². The molecule has 0 spiro atoms. The highest BCUT2D eigenvalue weighted by atomic mass is 16.1. The number of piperidine rings is 1. The fraction of sp³-hybridized carbons (Fsp3) is 0.588. The van der Waals surface area contributed by atoms with Crippen molar-refractivity contribution in [3.63, 3.8) is 0 Å². The Bertz CT molecular complexity index is 510. The lowest BCUT2D eigenvalue weighted by molar-refractivity contribution is -0.127. The molecule has 2 fully saturated rings. The van der Waals surface area contributed by atoms with E-state index in [1.54, 1.807) is 0 Å². The second-order valence-electron chi connectivity index (χ2n) is 6.64. The minimum atomic E-state index is 0.0819. The Morgan fingerprint density at radius 2 is 2.16 bits per heavy atom. The van der Waals surface area contributed by atoms with E-state index < -0.39 is 0 Å². The van der Waals surface area contributed by atoms with Gasteiger partial charge >= 0.3 is 0 Å². The minimum Gasteiger partial charge on any atom is -0.303 e. The summed E-state index contributed by atoms with van der Waals surface area (Å²) in [5.41, 5.74) is 2.76. The highest BCUT2D eigenvalue weighted by molar-refractivity contribution is 5.82. The maximum atomic E-state index is 12.2. The van der Waals surface area contributed by atoms with Crippen LogP contribution in [-0.2, 0) is 10.2 Å². The van der Waals surface area contributed by atoms with Gasteiger partial charge in [-0.1, -0.05) is 36.8 Å². The summed E-state index contributed by atoms with van der Waals surface area (Å²) in [6, 6.07) is 9.24. The molecule has 2 heteroatoms. The summed E-state index contributed by atoms with van der Waals surface area (Å²) in [6.07, 6.45) is 2.62. The second kappa shape index (κ2) is 4.45. The van der Waals surface area contributed by atoms with E-state index in [0.29, 0.717) is 17.7 Å². The number of carbonyl (C=O) groups is 1. The Kier molecular flexibility index (Phi) is 3.01. The topological polar surface area (TPSA) is 20.3 Å². The molecule has 102 valence electrons. The average molecular weight is 257 g/mol. The van der Waals surface area contributed by atoms with E-state index in [0.717, 1.165) is 25.8 Å². The standard InChI is InChI=1S/C17H23NO/c1-12-5-4-6-14(7-12)17-9-15(8-16(19)10-17)18(3)11-13(17)2/h4-7,13,15H,8-11H2,1-3H3/t13-,15+,17-/m1/s1. The Labute approximate surface area is 115 Å². The SMILES string of the molecule is Cc1cccc([C@@]23CC(=O)C[C@@H](C2)N(C)C[C@H]3C)c1. The smallest absolute Gasteiger partial charge is 0.135 e. The maximum absolute atomic E-state index is 12.2. The zero-order valence-electron chi connectivity index (χ0n) is 12.1. The van der Waals surface area contributed by atoms with Gasteiger partial charge in [-0.3, -0.25) is 4.79 Å². The molecule has 0 aromatic heterocycles. The third-order valence-electron chi connectivity index (χ3n) is 5.30. The number of Topliss-reactive ketones (excluding diaryl/α,β-unsaturated/α-hetero) is 1. The molecular formula is C17H23NO. The van der Waals surface area contributed by atoms with Crippen LogP contribution < -0.4 is 0 Å². The summed E-state index contributed by atoms with van der Waals surface area (Å²) < 4.78 is 0. The molecule has 1 heterocycles. The molecule has 0 amide bonds. The lowest BCUT2D eigenvalue weighted by Gasteiger charge is -2.53. The number of nitrogens with zero attached hydrogens (tertiary/aromatic N) is 1. The monoisotopic (exact) mass is 257 g/mol. The van der Waals surface area contributed by atoms with Crippen LogP contribution >= 0.6 is 0 Å². The normalized spacial score (nSPS) is 35.4. The van der Waals surface area contributed by atoms with Crippen LogP contribution in [0, 0.1) is 12.8 Å². The fourth-order valence-corrected chi connectivity index (χ4v) is 4.15. The molecule has 1 saturated heterocycles. The largest absolute Gasteiger partial charge is 0.303 e. The van der Waals surface area contributed by atoms with Crippen LogP contribution in [0.15, 0.2) is 24.3 Å². The first-order valence-corrected chi connectivity index (χ1v) is 7.30. The molecule has 1 saturated carbocycles. The van der Waals surface area contributed by atoms with Gasteiger partial charge in [0.1, 0.15) is 5.78 Å². The van der Waals surface area contributed by atoms with Crippen molar-refractivity contribution in [2.45, 2.75) is 44.6 Å². The lowest BCUT2D eigenvalue weighted by Crippen LogP contribution is -2.57. The van der Waals surface area contributed by atoms with Crippen LogP contribution in [-0.4, -0.2) is 30.3 Å². The Morgan fingerprint density at radius 1 is 1.37 bits per heavy atom. The molecule has 2 nitrogen and oxygen atoms in total. The van der Waals surface area contributed by atoms with Crippen LogP contribution in [0.4, 0.5) is 0 Å². The van der Waals surface area contributed by atoms with Gasteiger partial charge in [0, 0.05) is 30.8 Å². The first-order valence-electron chi connectivity index (χ1n) is 7.30. The predicted octanol–water partition coefficient (Wildman–Crippen LogP) is 2.94. The zero-order valence-corrected chi connectivity index (χ0v) is 12.1. The van der Waals surface area contributed by atoms with Gasteiger partial charge in [0.15, 0.2) is 0 Å². The van der Waals surface area contributed by atoms with Crippen molar-refractivity contribution < 1.29 is 4.79 Å². The highest BCUT2D eigenvalue weighted by Gasteiger charge is 2.49. The predicted molar refractivity (Wildman–Crippen MR) is 77.3 cm³/mol. The lowest BCUT2D eigenvalue weighted by atomic mass is 9.58. The number of aryl methyl sites for hydroxylation is 1. The minimum absolute atomic E-state index is 0.0819. The fourth-order valence-electron chi connectivity index (χ4n) is 4.15. The molecule has 1 aromatic carbocycles. The van der Waals surface area contributed by atoms with Gasteiger partial charge in [0.25, 0.3) is 0 Å². The van der Waals surface area contributed by atoms with E-state index in [4.69, 9.17) is 0 Å². The molecule has 1 aromatic rings. The zero-order chi connectivity index (χ0) is 13.6. The molecule has 0 radical (unpaired) electrons. The van der Waals surface area contributed by atoms with Crippen LogP contribution in [0.25, 0.3) is 0 Å². The average Bonchev–Trinajstić information content (AvgIpc) is 2.36. The summed E-state index contributed by atoms with van der Waals surface area (Å²) in [5.74, 6) is 0.982. The number of benzene rings is 1. The van der Waals surface area contributed by atoms with Crippen molar-refractivity contribution in [2.75, 3.05) is 13.6 Å². The number of likely N-dealkylation sites (tertiary alicyclic amines) is 1. The summed E-state index contributed by atoms with van der Waals surface area (Å²) in [4.78, 5) is 14.6.